The van der Waals surface area contributed by atoms with Crippen molar-refractivity contribution in [2.24, 2.45) is 5.92 Å². The van der Waals surface area contributed by atoms with Gasteiger partial charge in [-0.15, -0.1) is 0 Å². The van der Waals surface area contributed by atoms with Crippen LogP contribution < -0.4 is 5.32 Å². The molecule has 0 radical (unpaired) electrons. The highest BCUT2D eigenvalue weighted by molar-refractivity contribution is 5.97. The van der Waals surface area contributed by atoms with Gasteiger partial charge >= 0.3 is 5.97 Å². The minimum atomic E-state index is -1.04. The van der Waals surface area contributed by atoms with Gasteiger partial charge in [0.05, 0.1) is 12.3 Å². The van der Waals surface area contributed by atoms with Gasteiger partial charge in [0.15, 0.2) is 0 Å². The standard InChI is InChI=1S/C17H20N4O4/c1-11-7-12(4-5-14(11)21-10-18-9-19-21)16(22)20-15(17(23)24)13-3-2-6-25-8-13/h4-5,7,9-10,13,15H,2-3,6,8H2,1H3,(H,20,22)(H,23,24)/t13-,15-/m0/s1. The van der Waals surface area contributed by atoms with Gasteiger partial charge in [-0.3, -0.25) is 4.79 Å². The van der Waals surface area contributed by atoms with Crippen molar-refractivity contribution in [3.05, 3.63) is 42.0 Å². The van der Waals surface area contributed by atoms with Crippen molar-refractivity contribution in [1.29, 1.82) is 0 Å². The molecule has 2 aromatic rings. The third-order valence-electron chi connectivity index (χ3n) is 4.34. The molecular formula is C17H20N4O4. The molecule has 2 atom stereocenters. The molecule has 1 fully saturated rings. The smallest absolute Gasteiger partial charge is 0.326 e. The summed E-state index contributed by atoms with van der Waals surface area (Å²) in [5.74, 6) is -1.67. The second-order valence-corrected chi connectivity index (χ2v) is 6.11. The van der Waals surface area contributed by atoms with E-state index in [-0.39, 0.29) is 5.92 Å². The van der Waals surface area contributed by atoms with Crippen LogP contribution in [0, 0.1) is 12.8 Å². The molecule has 2 heterocycles. The van der Waals surface area contributed by atoms with Crippen LogP contribution in [0.1, 0.15) is 28.8 Å². The maximum atomic E-state index is 12.5. The van der Waals surface area contributed by atoms with Gasteiger partial charge in [0.2, 0.25) is 0 Å². The maximum absolute atomic E-state index is 12.5. The molecule has 0 aliphatic carbocycles. The van der Waals surface area contributed by atoms with Gasteiger partial charge in [-0.1, -0.05) is 0 Å². The number of carbonyl (C=O) groups excluding carboxylic acids is 1. The monoisotopic (exact) mass is 344 g/mol. The topological polar surface area (TPSA) is 106 Å². The highest BCUT2D eigenvalue weighted by Gasteiger charge is 2.31. The summed E-state index contributed by atoms with van der Waals surface area (Å²) in [7, 11) is 0. The number of aromatic nitrogens is 3. The molecule has 1 aliphatic rings. The average Bonchev–Trinajstić information content (AvgIpc) is 3.14. The predicted molar refractivity (Wildman–Crippen MR) is 88.5 cm³/mol. The van der Waals surface area contributed by atoms with Crippen LogP contribution in [0.5, 0.6) is 0 Å². The molecule has 2 N–H and O–H groups in total. The molecule has 8 heteroatoms. The van der Waals surface area contributed by atoms with Crippen LogP contribution >= 0.6 is 0 Å². The van der Waals surface area contributed by atoms with Crippen LogP contribution in [0.2, 0.25) is 0 Å². The van der Waals surface area contributed by atoms with Crippen molar-refractivity contribution in [2.45, 2.75) is 25.8 Å². The van der Waals surface area contributed by atoms with E-state index in [0.29, 0.717) is 18.8 Å². The largest absolute Gasteiger partial charge is 0.480 e. The number of carboxylic acids is 1. The summed E-state index contributed by atoms with van der Waals surface area (Å²) < 4.78 is 6.95. The fourth-order valence-electron chi connectivity index (χ4n) is 3.02. The Morgan fingerprint density at radius 3 is 2.88 bits per heavy atom. The number of amides is 1. The van der Waals surface area contributed by atoms with Crippen LogP contribution in [0.15, 0.2) is 30.9 Å². The first-order valence-electron chi connectivity index (χ1n) is 8.13. The molecule has 8 nitrogen and oxygen atoms in total. The highest BCUT2D eigenvalue weighted by atomic mass is 16.5. The zero-order valence-electron chi connectivity index (χ0n) is 13.9. The van der Waals surface area contributed by atoms with Crippen molar-refractivity contribution in [3.8, 4) is 5.69 Å². The lowest BCUT2D eigenvalue weighted by atomic mass is 9.93. The summed E-state index contributed by atoms with van der Waals surface area (Å²) in [6.07, 6.45) is 4.53. The molecule has 1 aromatic carbocycles. The molecule has 1 saturated heterocycles. The first-order valence-corrected chi connectivity index (χ1v) is 8.13. The Balaban J connectivity index is 1.75. The fraction of sp³-hybridized carbons (Fsp3) is 0.412. The second-order valence-electron chi connectivity index (χ2n) is 6.11. The lowest BCUT2D eigenvalue weighted by Gasteiger charge is -2.28. The summed E-state index contributed by atoms with van der Waals surface area (Å²) in [4.78, 5) is 28.0. The summed E-state index contributed by atoms with van der Waals surface area (Å²) in [6, 6.07) is 4.17. The van der Waals surface area contributed by atoms with Crippen molar-refractivity contribution in [3.63, 3.8) is 0 Å². The molecule has 1 aromatic heterocycles. The minimum absolute atomic E-state index is 0.217. The molecule has 0 bridgehead atoms. The van der Waals surface area contributed by atoms with E-state index in [9.17, 15) is 14.7 Å². The van der Waals surface area contributed by atoms with Crippen LogP contribution in [0.4, 0.5) is 0 Å². The molecule has 1 amide bonds. The Morgan fingerprint density at radius 2 is 2.28 bits per heavy atom. The Labute approximate surface area is 144 Å². The lowest BCUT2D eigenvalue weighted by Crippen LogP contribution is -2.48. The Morgan fingerprint density at radius 1 is 1.44 bits per heavy atom. The Kier molecular flexibility index (Phi) is 5.08. The fourth-order valence-corrected chi connectivity index (χ4v) is 3.02. The highest BCUT2D eigenvalue weighted by Crippen LogP contribution is 2.19. The first-order chi connectivity index (χ1) is 12.1. The van der Waals surface area contributed by atoms with Crippen molar-refractivity contribution in [1.82, 2.24) is 20.1 Å². The van der Waals surface area contributed by atoms with E-state index in [4.69, 9.17) is 4.74 Å². The van der Waals surface area contributed by atoms with Gasteiger partial charge in [-0.2, -0.15) is 5.10 Å². The summed E-state index contributed by atoms with van der Waals surface area (Å²) in [5.41, 5.74) is 2.06. The van der Waals surface area contributed by atoms with Crippen molar-refractivity contribution in [2.75, 3.05) is 13.2 Å². The van der Waals surface area contributed by atoms with Gasteiger partial charge < -0.3 is 15.2 Å². The number of hydrogen-bond acceptors (Lipinski definition) is 5. The van der Waals surface area contributed by atoms with Gasteiger partial charge in [0, 0.05) is 18.1 Å². The number of aryl methyl sites for hydroxylation is 1. The van der Waals surface area contributed by atoms with E-state index in [1.807, 2.05) is 6.92 Å². The van der Waals surface area contributed by atoms with E-state index >= 15 is 0 Å². The van der Waals surface area contributed by atoms with E-state index in [0.717, 1.165) is 24.1 Å². The Bertz CT molecular complexity index is 754. The molecule has 25 heavy (non-hydrogen) atoms. The maximum Gasteiger partial charge on any atom is 0.326 e. The van der Waals surface area contributed by atoms with E-state index in [1.54, 1.807) is 29.2 Å². The molecular weight excluding hydrogens is 324 g/mol. The van der Waals surface area contributed by atoms with Gasteiger partial charge in [0.25, 0.3) is 5.91 Å². The van der Waals surface area contributed by atoms with Crippen LogP contribution in [-0.4, -0.2) is 51.0 Å². The van der Waals surface area contributed by atoms with E-state index in [2.05, 4.69) is 15.4 Å². The van der Waals surface area contributed by atoms with Crippen molar-refractivity contribution >= 4 is 11.9 Å². The third-order valence-corrected chi connectivity index (χ3v) is 4.34. The van der Waals surface area contributed by atoms with E-state index in [1.165, 1.54) is 6.33 Å². The minimum Gasteiger partial charge on any atom is -0.480 e. The molecule has 0 spiro atoms. The van der Waals surface area contributed by atoms with Gasteiger partial charge in [-0.25, -0.2) is 14.5 Å². The quantitative estimate of drug-likeness (QED) is 0.844. The van der Waals surface area contributed by atoms with E-state index < -0.39 is 17.9 Å². The number of benzene rings is 1. The predicted octanol–water partition coefficient (Wildman–Crippen LogP) is 1.19. The van der Waals surface area contributed by atoms with Crippen LogP contribution in [0.25, 0.3) is 5.69 Å². The summed E-state index contributed by atoms with van der Waals surface area (Å²) in [6.45, 7) is 2.85. The average molecular weight is 344 g/mol. The van der Waals surface area contributed by atoms with Gasteiger partial charge in [-0.05, 0) is 43.5 Å². The number of nitrogens with zero attached hydrogens (tertiary/aromatic N) is 3. The summed E-state index contributed by atoms with van der Waals surface area (Å²) in [5, 5.41) is 16.2. The first kappa shape index (κ1) is 17.1. The molecule has 0 saturated carbocycles. The number of carbonyl (C=O) groups is 2. The second kappa shape index (κ2) is 7.43. The molecule has 0 unspecified atom stereocenters. The number of nitrogens with one attached hydrogen (secondary N) is 1. The summed E-state index contributed by atoms with van der Waals surface area (Å²) >= 11 is 0. The number of ether oxygens (including phenoxy) is 1. The van der Waals surface area contributed by atoms with Crippen LogP contribution in [0.3, 0.4) is 0 Å². The number of carboxylic acid groups (broad SMARTS) is 1. The molecule has 3 rings (SSSR count). The third kappa shape index (κ3) is 3.85. The number of rotatable bonds is 5. The number of hydrogen-bond donors (Lipinski definition) is 2. The van der Waals surface area contributed by atoms with Crippen LogP contribution in [-0.2, 0) is 9.53 Å². The normalized spacial score (nSPS) is 18.5. The lowest BCUT2D eigenvalue weighted by molar-refractivity contribution is -0.142. The zero-order chi connectivity index (χ0) is 17.8. The van der Waals surface area contributed by atoms with Crippen molar-refractivity contribution < 1.29 is 19.4 Å². The zero-order valence-corrected chi connectivity index (χ0v) is 13.9. The van der Waals surface area contributed by atoms with Gasteiger partial charge in [0.1, 0.15) is 18.7 Å². The molecule has 132 valence electrons. The Hall–Kier alpha value is -2.74. The number of aliphatic carboxylic acids is 1. The molecule has 1 aliphatic heterocycles. The SMILES string of the molecule is Cc1cc(C(=O)N[C@H](C(=O)O)[C@H]2CCCOC2)ccc1-n1cncn1.